The van der Waals surface area contributed by atoms with Crippen molar-refractivity contribution in [3.05, 3.63) is 35.9 Å². The Bertz CT molecular complexity index is 831. The van der Waals surface area contributed by atoms with Crippen molar-refractivity contribution in [2.24, 2.45) is 0 Å². The Kier molecular flexibility index (Phi) is 5.31. The van der Waals surface area contributed by atoms with Gasteiger partial charge in [-0.05, 0) is 30.7 Å². The Labute approximate surface area is 148 Å². The van der Waals surface area contributed by atoms with Crippen molar-refractivity contribution in [3.63, 3.8) is 0 Å². The van der Waals surface area contributed by atoms with Crippen molar-refractivity contribution in [2.75, 3.05) is 37.7 Å². The van der Waals surface area contributed by atoms with Gasteiger partial charge in [-0.2, -0.15) is 0 Å². The van der Waals surface area contributed by atoms with Crippen LogP contribution in [0.15, 0.2) is 35.2 Å². The van der Waals surface area contributed by atoms with Gasteiger partial charge in [0, 0.05) is 25.2 Å². The first-order chi connectivity index (χ1) is 12.0. The van der Waals surface area contributed by atoms with Crippen LogP contribution in [0.1, 0.15) is 12.5 Å². The molecule has 3 rings (SSSR count). The monoisotopic (exact) mass is 362 g/mol. The Morgan fingerprint density at radius 2 is 1.92 bits per heavy atom. The van der Waals surface area contributed by atoms with Crippen molar-refractivity contribution >= 4 is 15.8 Å². The van der Waals surface area contributed by atoms with Gasteiger partial charge >= 0.3 is 0 Å². The lowest BCUT2D eigenvalue weighted by Gasteiger charge is -2.27. The van der Waals surface area contributed by atoms with Crippen LogP contribution < -0.4 is 9.62 Å². The zero-order chi connectivity index (χ0) is 17.9. The first-order valence-corrected chi connectivity index (χ1v) is 9.76. The van der Waals surface area contributed by atoms with E-state index in [1.54, 1.807) is 26.0 Å². The fourth-order valence-corrected chi connectivity index (χ4v) is 4.07. The molecule has 0 saturated carbocycles. The predicted octanol–water partition coefficient (Wildman–Crippen LogP) is 1.59. The zero-order valence-electron chi connectivity index (χ0n) is 14.4. The first-order valence-electron chi connectivity index (χ1n) is 8.28. The number of hydrogen-bond donors (Lipinski definition) is 1. The summed E-state index contributed by atoms with van der Waals surface area (Å²) in [6.45, 7) is 6.85. The van der Waals surface area contributed by atoms with E-state index in [2.05, 4.69) is 19.8 Å². The number of ether oxygens (including phenoxy) is 1. The molecule has 134 valence electrons. The van der Waals surface area contributed by atoms with E-state index in [9.17, 15) is 8.42 Å². The second-order valence-electron chi connectivity index (χ2n) is 5.86. The molecule has 1 saturated heterocycles. The van der Waals surface area contributed by atoms with Crippen LogP contribution >= 0.6 is 0 Å². The topological polar surface area (TPSA) is 84.4 Å². The van der Waals surface area contributed by atoms with E-state index in [0.717, 1.165) is 24.5 Å². The standard InChI is InChI=1S/C17H22N4O3S/c1-3-18-25(22,23)16-12-14(5-4-13(16)2)15-6-7-17(20-19-15)21-8-10-24-11-9-21/h4-7,12,18H,3,8-11H2,1-2H3. The van der Waals surface area contributed by atoms with Crippen LogP contribution in [0, 0.1) is 6.92 Å². The third-order valence-electron chi connectivity index (χ3n) is 4.09. The molecule has 0 radical (unpaired) electrons. The number of rotatable bonds is 5. The SMILES string of the molecule is CCNS(=O)(=O)c1cc(-c2ccc(N3CCOCC3)nn2)ccc1C. The molecule has 7 nitrogen and oxygen atoms in total. The van der Waals surface area contributed by atoms with Gasteiger partial charge in [-0.15, -0.1) is 10.2 Å². The van der Waals surface area contributed by atoms with Gasteiger partial charge < -0.3 is 9.64 Å². The van der Waals surface area contributed by atoms with E-state index in [1.807, 2.05) is 18.2 Å². The molecule has 2 aromatic rings. The minimum Gasteiger partial charge on any atom is -0.378 e. The van der Waals surface area contributed by atoms with Crippen LogP contribution in [0.2, 0.25) is 0 Å². The zero-order valence-corrected chi connectivity index (χ0v) is 15.2. The average Bonchev–Trinajstić information content (AvgIpc) is 2.63. The summed E-state index contributed by atoms with van der Waals surface area (Å²) < 4.78 is 32.5. The lowest BCUT2D eigenvalue weighted by Crippen LogP contribution is -2.36. The Morgan fingerprint density at radius 1 is 1.16 bits per heavy atom. The molecule has 0 unspecified atom stereocenters. The number of aryl methyl sites for hydroxylation is 1. The normalized spacial score (nSPS) is 15.4. The van der Waals surface area contributed by atoms with E-state index < -0.39 is 10.0 Å². The fourth-order valence-electron chi connectivity index (χ4n) is 2.76. The largest absolute Gasteiger partial charge is 0.378 e. The van der Waals surface area contributed by atoms with Gasteiger partial charge in [0.2, 0.25) is 10.0 Å². The van der Waals surface area contributed by atoms with Crippen LogP contribution in [0.25, 0.3) is 11.3 Å². The minimum atomic E-state index is -3.52. The molecule has 1 aliphatic heterocycles. The Morgan fingerprint density at radius 3 is 2.56 bits per heavy atom. The van der Waals surface area contributed by atoms with E-state index in [1.165, 1.54) is 0 Å². The first kappa shape index (κ1) is 17.8. The van der Waals surface area contributed by atoms with Crippen LogP contribution in [-0.2, 0) is 14.8 Å². The van der Waals surface area contributed by atoms with Crippen molar-refractivity contribution in [2.45, 2.75) is 18.7 Å². The van der Waals surface area contributed by atoms with Crippen molar-refractivity contribution in [1.82, 2.24) is 14.9 Å². The Hall–Kier alpha value is -2.03. The van der Waals surface area contributed by atoms with Crippen LogP contribution in [-0.4, -0.2) is 51.5 Å². The molecule has 0 spiro atoms. The quantitative estimate of drug-likeness (QED) is 0.869. The molecular weight excluding hydrogens is 340 g/mol. The number of aromatic nitrogens is 2. The lowest BCUT2D eigenvalue weighted by atomic mass is 10.1. The van der Waals surface area contributed by atoms with E-state index in [0.29, 0.717) is 31.0 Å². The molecule has 1 aromatic heterocycles. The molecule has 1 aromatic carbocycles. The number of morpholine rings is 1. The molecule has 0 amide bonds. The predicted molar refractivity (Wildman–Crippen MR) is 96.1 cm³/mol. The second-order valence-corrected chi connectivity index (χ2v) is 7.59. The van der Waals surface area contributed by atoms with Crippen molar-refractivity contribution < 1.29 is 13.2 Å². The number of anilines is 1. The highest BCUT2D eigenvalue weighted by Crippen LogP contribution is 2.24. The number of nitrogens with one attached hydrogen (secondary N) is 1. The van der Waals surface area contributed by atoms with Crippen molar-refractivity contribution in [3.8, 4) is 11.3 Å². The average molecular weight is 362 g/mol. The third-order valence-corrected chi connectivity index (χ3v) is 5.78. The summed E-state index contributed by atoms with van der Waals surface area (Å²) in [5, 5.41) is 8.56. The summed E-state index contributed by atoms with van der Waals surface area (Å²) >= 11 is 0. The highest BCUT2D eigenvalue weighted by molar-refractivity contribution is 7.89. The number of sulfonamides is 1. The van der Waals surface area contributed by atoms with Crippen molar-refractivity contribution in [1.29, 1.82) is 0 Å². The molecule has 1 fully saturated rings. The summed E-state index contributed by atoms with van der Waals surface area (Å²) in [7, 11) is -3.52. The highest BCUT2D eigenvalue weighted by Gasteiger charge is 2.18. The van der Waals surface area contributed by atoms with Crippen LogP contribution in [0.5, 0.6) is 0 Å². The minimum absolute atomic E-state index is 0.269. The van der Waals surface area contributed by atoms with Crippen LogP contribution in [0.4, 0.5) is 5.82 Å². The smallest absolute Gasteiger partial charge is 0.240 e. The molecule has 1 N–H and O–H groups in total. The van der Waals surface area contributed by atoms with Gasteiger partial charge in [0.25, 0.3) is 0 Å². The van der Waals surface area contributed by atoms with E-state index in [4.69, 9.17) is 4.74 Å². The molecule has 25 heavy (non-hydrogen) atoms. The van der Waals surface area contributed by atoms with Gasteiger partial charge in [-0.3, -0.25) is 0 Å². The fraction of sp³-hybridized carbons (Fsp3) is 0.412. The van der Waals surface area contributed by atoms with Gasteiger partial charge in [0.15, 0.2) is 5.82 Å². The van der Waals surface area contributed by atoms with Crippen LogP contribution in [0.3, 0.4) is 0 Å². The molecule has 0 bridgehead atoms. The molecule has 1 aliphatic rings. The Balaban J connectivity index is 1.89. The number of hydrogen-bond acceptors (Lipinski definition) is 6. The molecule has 2 heterocycles. The summed E-state index contributed by atoms with van der Waals surface area (Å²) in [6.07, 6.45) is 0. The molecular formula is C17H22N4O3S. The number of benzene rings is 1. The molecule has 0 aliphatic carbocycles. The summed E-state index contributed by atoms with van der Waals surface area (Å²) in [5.41, 5.74) is 2.07. The van der Waals surface area contributed by atoms with E-state index in [-0.39, 0.29) is 4.90 Å². The lowest BCUT2D eigenvalue weighted by molar-refractivity contribution is 0.122. The summed E-state index contributed by atoms with van der Waals surface area (Å²) in [5.74, 6) is 0.805. The maximum atomic E-state index is 12.3. The van der Waals surface area contributed by atoms with Gasteiger partial charge in [-0.1, -0.05) is 19.1 Å². The van der Waals surface area contributed by atoms with Gasteiger partial charge in [0.1, 0.15) is 0 Å². The molecule has 0 atom stereocenters. The maximum Gasteiger partial charge on any atom is 0.240 e. The van der Waals surface area contributed by atoms with E-state index >= 15 is 0 Å². The van der Waals surface area contributed by atoms with Gasteiger partial charge in [-0.25, -0.2) is 13.1 Å². The summed E-state index contributed by atoms with van der Waals surface area (Å²) in [6, 6.07) is 9.07. The third kappa shape index (κ3) is 3.97. The highest BCUT2D eigenvalue weighted by atomic mass is 32.2. The number of nitrogens with zero attached hydrogens (tertiary/aromatic N) is 3. The van der Waals surface area contributed by atoms with Gasteiger partial charge in [0.05, 0.1) is 23.8 Å². The second kappa shape index (κ2) is 7.47. The molecule has 8 heteroatoms. The maximum absolute atomic E-state index is 12.3. The summed E-state index contributed by atoms with van der Waals surface area (Å²) in [4.78, 5) is 2.39.